The molecule has 1 fully saturated rings. The third kappa shape index (κ3) is 1.76. The molecule has 3 heteroatoms. The summed E-state index contributed by atoms with van der Waals surface area (Å²) in [7, 11) is 0. The smallest absolute Gasteiger partial charge is 0.243 e. The highest BCUT2D eigenvalue weighted by Gasteiger charge is 2.28. The fourth-order valence-corrected chi connectivity index (χ4v) is 1.48. The van der Waals surface area contributed by atoms with Crippen LogP contribution in [0.5, 0.6) is 0 Å². The van der Waals surface area contributed by atoms with Crippen LogP contribution in [0.4, 0.5) is 4.39 Å². The summed E-state index contributed by atoms with van der Waals surface area (Å²) in [5.41, 5.74) is 0. The molecule has 0 aromatic heterocycles. The fourth-order valence-electron chi connectivity index (χ4n) is 1.48. The number of hydrogen-bond donors (Lipinski definition) is 0. The number of hydrogen-bond acceptors (Lipinski definition) is 2. The lowest BCUT2D eigenvalue weighted by Gasteiger charge is -2.05. The highest BCUT2D eigenvalue weighted by atomic mass is 19.1. The van der Waals surface area contributed by atoms with E-state index < -0.39 is 12.0 Å². The van der Waals surface area contributed by atoms with E-state index in [0.29, 0.717) is 0 Å². The number of carbonyl (C=O) groups is 1. The Bertz CT molecular complexity index is 191. The first kappa shape index (κ1) is 8.19. The highest BCUT2D eigenvalue weighted by molar-refractivity contribution is 5.87. The van der Waals surface area contributed by atoms with Gasteiger partial charge in [-0.1, -0.05) is 12.8 Å². The van der Waals surface area contributed by atoms with Gasteiger partial charge in [0.05, 0.1) is 0 Å². The fraction of sp³-hybridized carbons (Fsp3) is 0.750. The molecule has 0 aliphatic heterocycles. The zero-order valence-electron chi connectivity index (χ0n) is 6.22. The quantitative estimate of drug-likeness (QED) is 0.607. The molecule has 11 heavy (non-hydrogen) atoms. The van der Waals surface area contributed by atoms with Gasteiger partial charge in [-0.25, -0.2) is 4.39 Å². The Morgan fingerprint density at radius 1 is 1.55 bits per heavy atom. The predicted molar refractivity (Wildman–Crippen MR) is 37.5 cm³/mol. The lowest BCUT2D eigenvalue weighted by atomic mass is 10.00. The van der Waals surface area contributed by atoms with Crippen LogP contribution in [0, 0.1) is 17.2 Å². The molecule has 1 saturated carbocycles. The standard InChI is InChI=1S/C8H10FNO/c9-7(5-10)8(11)6-3-1-2-4-6/h6-7H,1-4H2. The topological polar surface area (TPSA) is 40.9 Å². The number of rotatable bonds is 2. The van der Waals surface area contributed by atoms with E-state index in [1.807, 2.05) is 0 Å². The van der Waals surface area contributed by atoms with Crippen molar-refractivity contribution in [2.45, 2.75) is 31.9 Å². The molecular weight excluding hydrogens is 145 g/mol. The second-order valence-corrected chi connectivity index (χ2v) is 2.88. The van der Waals surface area contributed by atoms with Crippen molar-refractivity contribution in [3.05, 3.63) is 0 Å². The molecule has 1 rings (SSSR count). The minimum absolute atomic E-state index is 0.176. The van der Waals surface area contributed by atoms with Gasteiger partial charge in [0, 0.05) is 5.92 Å². The van der Waals surface area contributed by atoms with Gasteiger partial charge < -0.3 is 0 Å². The van der Waals surface area contributed by atoms with Gasteiger partial charge in [0.2, 0.25) is 6.17 Å². The van der Waals surface area contributed by atoms with Crippen LogP contribution in [0.2, 0.25) is 0 Å². The Kier molecular flexibility index (Phi) is 2.58. The second kappa shape index (κ2) is 3.47. The summed E-state index contributed by atoms with van der Waals surface area (Å²) in [6.07, 6.45) is 1.63. The minimum atomic E-state index is -1.89. The zero-order valence-corrected chi connectivity index (χ0v) is 6.22. The number of nitriles is 1. The van der Waals surface area contributed by atoms with Crippen molar-refractivity contribution in [2.75, 3.05) is 0 Å². The van der Waals surface area contributed by atoms with E-state index in [4.69, 9.17) is 5.26 Å². The Morgan fingerprint density at radius 3 is 2.55 bits per heavy atom. The summed E-state index contributed by atoms with van der Waals surface area (Å²) >= 11 is 0. The molecule has 0 aromatic rings. The molecule has 0 bridgehead atoms. The summed E-state index contributed by atoms with van der Waals surface area (Å²) < 4.78 is 12.5. The van der Waals surface area contributed by atoms with Crippen LogP contribution in [-0.2, 0) is 4.79 Å². The summed E-state index contributed by atoms with van der Waals surface area (Å²) in [5.74, 6) is -0.686. The van der Waals surface area contributed by atoms with Gasteiger partial charge in [0.1, 0.15) is 6.07 Å². The molecule has 1 aliphatic rings. The van der Waals surface area contributed by atoms with Crippen molar-refractivity contribution in [3.8, 4) is 6.07 Å². The molecule has 60 valence electrons. The Labute approximate surface area is 65.0 Å². The van der Waals surface area contributed by atoms with Crippen molar-refractivity contribution in [1.29, 1.82) is 5.26 Å². The lowest BCUT2D eigenvalue weighted by Crippen LogP contribution is -2.21. The molecule has 0 amide bonds. The minimum Gasteiger partial charge on any atom is -0.295 e. The molecule has 0 N–H and O–H groups in total. The number of nitrogens with zero attached hydrogens (tertiary/aromatic N) is 1. The van der Waals surface area contributed by atoms with E-state index in [1.165, 1.54) is 6.07 Å². The van der Waals surface area contributed by atoms with E-state index in [1.54, 1.807) is 0 Å². The molecule has 0 saturated heterocycles. The van der Waals surface area contributed by atoms with Crippen LogP contribution in [0.15, 0.2) is 0 Å². The predicted octanol–water partition coefficient (Wildman–Crippen LogP) is 1.61. The van der Waals surface area contributed by atoms with E-state index in [2.05, 4.69) is 0 Å². The largest absolute Gasteiger partial charge is 0.295 e. The summed E-state index contributed by atoms with van der Waals surface area (Å²) in [6.45, 7) is 0. The molecule has 2 nitrogen and oxygen atoms in total. The normalized spacial score (nSPS) is 21.1. The Hall–Kier alpha value is -0.910. The number of halogens is 1. The van der Waals surface area contributed by atoms with E-state index in [9.17, 15) is 9.18 Å². The van der Waals surface area contributed by atoms with Crippen molar-refractivity contribution in [2.24, 2.45) is 5.92 Å². The molecule has 0 aromatic carbocycles. The maximum atomic E-state index is 12.5. The number of alkyl halides is 1. The summed E-state index contributed by atoms with van der Waals surface area (Å²) in [6, 6.07) is 1.33. The van der Waals surface area contributed by atoms with Crippen molar-refractivity contribution in [3.63, 3.8) is 0 Å². The number of carbonyl (C=O) groups excluding carboxylic acids is 1. The molecule has 0 radical (unpaired) electrons. The average molecular weight is 155 g/mol. The van der Waals surface area contributed by atoms with Crippen LogP contribution in [-0.4, -0.2) is 12.0 Å². The molecule has 1 unspecified atom stereocenters. The number of ketones is 1. The SMILES string of the molecule is N#CC(F)C(=O)C1CCCC1. The second-order valence-electron chi connectivity index (χ2n) is 2.88. The third-order valence-electron chi connectivity index (χ3n) is 2.12. The first-order valence-corrected chi connectivity index (χ1v) is 3.83. The van der Waals surface area contributed by atoms with Gasteiger partial charge >= 0.3 is 0 Å². The van der Waals surface area contributed by atoms with Crippen molar-refractivity contribution < 1.29 is 9.18 Å². The summed E-state index contributed by atoms with van der Waals surface area (Å²) in [4.78, 5) is 11.0. The van der Waals surface area contributed by atoms with Gasteiger partial charge in [0.25, 0.3) is 0 Å². The molecule has 1 aliphatic carbocycles. The van der Waals surface area contributed by atoms with E-state index in [-0.39, 0.29) is 5.92 Å². The van der Waals surface area contributed by atoms with E-state index in [0.717, 1.165) is 25.7 Å². The van der Waals surface area contributed by atoms with Gasteiger partial charge in [-0.3, -0.25) is 4.79 Å². The van der Waals surface area contributed by atoms with Crippen LogP contribution < -0.4 is 0 Å². The van der Waals surface area contributed by atoms with Gasteiger partial charge in [-0.05, 0) is 12.8 Å². The van der Waals surface area contributed by atoms with Gasteiger partial charge in [-0.2, -0.15) is 5.26 Å². The van der Waals surface area contributed by atoms with Crippen LogP contribution in [0.25, 0.3) is 0 Å². The Balaban J connectivity index is 2.47. The van der Waals surface area contributed by atoms with E-state index >= 15 is 0 Å². The number of Topliss-reactive ketones (excluding diaryl/α,β-unsaturated/α-hetero) is 1. The average Bonchev–Trinajstić information content (AvgIpc) is 2.53. The van der Waals surface area contributed by atoms with Gasteiger partial charge in [-0.15, -0.1) is 0 Å². The molecule has 0 heterocycles. The van der Waals surface area contributed by atoms with Crippen LogP contribution in [0.3, 0.4) is 0 Å². The molecule has 1 atom stereocenters. The zero-order chi connectivity index (χ0) is 8.27. The molecular formula is C8H10FNO. The maximum Gasteiger partial charge on any atom is 0.243 e. The molecule has 0 spiro atoms. The monoisotopic (exact) mass is 155 g/mol. The Morgan fingerprint density at radius 2 is 2.09 bits per heavy atom. The highest BCUT2D eigenvalue weighted by Crippen LogP contribution is 2.26. The van der Waals surface area contributed by atoms with Crippen LogP contribution >= 0.6 is 0 Å². The maximum absolute atomic E-state index is 12.5. The van der Waals surface area contributed by atoms with Gasteiger partial charge in [0.15, 0.2) is 5.78 Å². The van der Waals surface area contributed by atoms with Crippen molar-refractivity contribution >= 4 is 5.78 Å². The summed E-state index contributed by atoms with van der Waals surface area (Å²) in [5, 5.41) is 8.12. The first-order chi connectivity index (χ1) is 5.25. The van der Waals surface area contributed by atoms with Crippen molar-refractivity contribution in [1.82, 2.24) is 0 Å². The van der Waals surface area contributed by atoms with Crippen LogP contribution in [0.1, 0.15) is 25.7 Å². The first-order valence-electron chi connectivity index (χ1n) is 3.83. The third-order valence-corrected chi connectivity index (χ3v) is 2.12. The lowest BCUT2D eigenvalue weighted by molar-refractivity contribution is -0.125.